The van der Waals surface area contributed by atoms with Crippen LogP contribution >= 0.6 is 0 Å². The minimum atomic E-state index is -0.806. The summed E-state index contributed by atoms with van der Waals surface area (Å²) in [5, 5.41) is 23.6. The molecule has 0 aliphatic heterocycles. The van der Waals surface area contributed by atoms with Crippen LogP contribution in [0.15, 0.2) is 72.9 Å². The van der Waals surface area contributed by atoms with Crippen LogP contribution in [0.1, 0.15) is 239 Å². The summed E-state index contributed by atoms with van der Waals surface area (Å²) in [4.78, 5) is 26.1. The molecule has 0 saturated carbocycles. The lowest BCUT2D eigenvalue weighted by molar-refractivity contribution is -0.151. The lowest BCUT2D eigenvalue weighted by atomic mass is 10.0. The van der Waals surface area contributed by atoms with Crippen LogP contribution in [-0.4, -0.2) is 46.9 Å². The largest absolute Gasteiger partial charge is 0.462 e. The van der Waals surface area contributed by atoms with E-state index in [2.05, 4.69) is 99.0 Å². The lowest BCUT2D eigenvalue weighted by Gasteiger charge is -2.24. The van der Waals surface area contributed by atoms with Crippen molar-refractivity contribution in [1.29, 1.82) is 0 Å². The van der Waals surface area contributed by atoms with Gasteiger partial charge in [0.15, 0.2) is 0 Å². The van der Waals surface area contributed by atoms with Crippen LogP contribution in [0.25, 0.3) is 0 Å². The van der Waals surface area contributed by atoms with E-state index in [0.717, 1.165) is 83.5 Å². The number of rotatable bonds is 45. The van der Waals surface area contributed by atoms with Gasteiger partial charge in [0.05, 0.1) is 25.2 Å². The number of carbonyl (C=O) groups excluding carboxylic acids is 2. The molecule has 1 amide bonds. The molecular formula is C55H97NO5. The molecule has 0 aliphatic rings. The monoisotopic (exact) mass is 852 g/mol. The number of allylic oxidation sites excluding steroid dienone is 12. The Labute approximate surface area is 377 Å². The van der Waals surface area contributed by atoms with Gasteiger partial charge in [0.2, 0.25) is 5.91 Å². The van der Waals surface area contributed by atoms with E-state index in [9.17, 15) is 19.8 Å². The van der Waals surface area contributed by atoms with Crippen molar-refractivity contribution in [1.82, 2.24) is 5.32 Å². The van der Waals surface area contributed by atoms with Crippen molar-refractivity contribution >= 4 is 11.9 Å². The van der Waals surface area contributed by atoms with Crippen LogP contribution < -0.4 is 5.32 Å². The fraction of sp³-hybridized carbons (Fsp3) is 0.745. The molecule has 6 heteroatoms. The predicted molar refractivity (Wildman–Crippen MR) is 264 cm³/mol. The molecule has 0 aromatic heterocycles. The Morgan fingerprint density at radius 3 is 1.43 bits per heavy atom. The third kappa shape index (κ3) is 43.7. The molecule has 0 bridgehead atoms. The minimum Gasteiger partial charge on any atom is -0.462 e. The average Bonchev–Trinajstić information content (AvgIpc) is 3.25. The highest BCUT2D eigenvalue weighted by atomic mass is 16.5. The summed E-state index contributed by atoms with van der Waals surface area (Å²) in [5.41, 5.74) is 0. The minimum absolute atomic E-state index is 0.0289. The van der Waals surface area contributed by atoms with Crippen LogP contribution in [0, 0.1) is 0 Å². The van der Waals surface area contributed by atoms with E-state index in [-0.39, 0.29) is 24.9 Å². The molecule has 0 aromatic rings. The second kappa shape index (κ2) is 48.3. The van der Waals surface area contributed by atoms with E-state index in [1.807, 2.05) is 0 Å². The summed E-state index contributed by atoms with van der Waals surface area (Å²) in [5.74, 6) is -0.561. The van der Waals surface area contributed by atoms with Gasteiger partial charge in [-0.1, -0.05) is 209 Å². The van der Waals surface area contributed by atoms with Crippen molar-refractivity contribution in [3.8, 4) is 0 Å². The van der Waals surface area contributed by atoms with Gasteiger partial charge in [0.1, 0.15) is 6.10 Å². The van der Waals surface area contributed by atoms with Crippen molar-refractivity contribution < 1.29 is 24.5 Å². The van der Waals surface area contributed by atoms with Gasteiger partial charge in [-0.3, -0.25) is 9.59 Å². The topological polar surface area (TPSA) is 95.9 Å². The maximum atomic E-state index is 13.2. The number of unbranched alkanes of at least 4 members (excludes halogenated alkanes) is 22. The number of ether oxygens (including phenoxy) is 1. The molecule has 3 unspecified atom stereocenters. The maximum Gasteiger partial charge on any atom is 0.306 e. The highest BCUT2D eigenvalue weighted by molar-refractivity contribution is 5.77. The third-order valence-corrected chi connectivity index (χ3v) is 11.3. The molecule has 0 spiro atoms. The van der Waals surface area contributed by atoms with E-state index in [1.165, 1.54) is 109 Å². The number of aliphatic hydroxyl groups excluding tert-OH is 2. The summed E-state index contributed by atoms with van der Waals surface area (Å²) >= 11 is 0. The molecule has 0 rings (SSSR count). The van der Waals surface area contributed by atoms with E-state index >= 15 is 0 Å². The first-order chi connectivity index (χ1) is 30.0. The van der Waals surface area contributed by atoms with Crippen LogP contribution in [0.2, 0.25) is 0 Å². The Hall–Kier alpha value is -2.70. The first kappa shape index (κ1) is 58.3. The molecule has 0 aromatic carbocycles. The van der Waals surface area contributed by atoms with Gasteiger partial charge in [-0.2, -0.15) is 0 Å². The number of carbonyl (C=O) groups is 2. The molecule has 3 N–H and O–H groups in total. The fourth-order valence-corrected chi connectivity index (χ4v) is 7.35. The Bertz CT molecular complexity index is 1140. The van der Waals surface area contributed by atoms with Gasteiger partial charge in [-0.25, -0.2) is 0 Å². The van der Waals surface area contributed by atoms with Gasteiger partial charge in [0.25, 0.3) is 0 Å². The summed E-state index contributed by atoms with van der Waals surface area (Å²) in [7, 11) is 0. The normalized spacial score (nSPS) is 13.9. The highest BCUT2D eigenvalue weighted by Crippen LogP contribution is 2.16. The van der Waals surface area contributed by atoms with Gasteiger partial charge >= 0.3 is 5.97 Å². The van der Waals surface area contributed by atoms with E-state index < -0.39 is 18.2 Å². The van der Waals surface area contributed by atoms with E-state index in [0.29, 0.717) is 19.3 Å². The van der Waals surface area contributed by atoms with Crippen molar-refractivity contribution in [3.63, 3.8) is 0 Å². The van der Waals surface area contributed by atoms with Crippen LogP contribution in [-0.2, 0) is 14.3 Å². The summed E-state index contributed by atoms with van der Waals surface area (Å²) in [6.45, 7) is 6.40. The Morgan fingerprint density at radius 2 is 0.902 bits per heavy atom. The standard InChI is InChI=1S/C55H97NO5/c1-4-7-10-13-16-19-21-23-25-26-27-28-29-31-33-36-39-42-45-48-55(60)61-51(46-43-40-37-35-32-30-24-22-20-17-14-11-8-5-2)49-54(59)56-52(50-57)53(58)47-44-41-38-34-18-15-12-9-6-3/h16,19,23,25,27-28,30-33,35,37,51-53,57-58H,4-15,17-18,20-22,24,26,29,34,36,38-50H2,1-3H3,(H,56,59)/b19-16-,25-23-,28-27-,32-30+,33-31-,37-35+. The molecule has 0 fully saturated rings. The summed E-state index contributed by atoms with van der Waals surface area (Å²) in [6.07, 6.45) is 61.1. The zero-order chi connectivity index (χ0) is 44.5. The van der Waals surface area contributed by atoms with Crippen molar-refractivity contribution in [2.24, 2.45) is 0 Å². The number of aliphatic hydroxyl groups is 2. The Balaban J connectivity index is 4.69. The predicted octanol–water partition coefficient (Wildman–Crippen LogP) is 15.4. The number of hydrogen-bond acceptors (Lipinski definition) is 5. The van der Waals surface area contributed by atoms with E-state index in [4.69, 9.17) is 4.74 Å². The number of amides is 1. The van der Waals surface area contributed by atoms with E-state index in [1.54, 1.807) is 0 Å². The highest BCUT2D eigenvalue weighted by Gasteiger charge is 2.24. The zero-order valence-electron chi connectivity index (χ0n) is 40.0. The van der Waals surface area contributed by atoms with Crippen molar-refractivity contribution in [2.45, 2.75) is 257 Å². The van der Waals surface area contributed by atoms with Gasteiger partial charge in [-0.05, 0) is 89.9 Å². The van der Waals surface area contributed by atoms with Crippen LogP contribution in [0.5, 0.6) is 0 Å². The molecule has 0 radical (unpaired) electrons. The number of nitrogens with one attached hydrogen (secondary N) is 1. The third-order valence-electron chi connectivity index (χ3n) is 11.3. The zero-order valence-corrected chi connectivity index (χ0v) is 40.0. The Kier molecular flexibility index (Phi) is 46.2. The molecule has 61 heavy (non-hydrogen) atoms. The van der Waals surface area contributed by atoms with Crippen molar-refractivity contribution in [3.05, 3.63) is 72.9 Å². The average molecular weight is 852 g/mol. The Morgan fingerprint density at radius 1 is 0.492 bits per heavy atom. The summed E-state index contributed by atoms with van der Waals surface area (Å²) in [6, 6.07) is -0.724. The molecule has 0 aliphatic carbocycles. The molecular weight excluding hydrogens is 755 g/mol. The molecule has 352 valence electrons. The second-order valence-electron chi connectivity index (χ2n) is 17.2. The number of hydrogen-bond donors (Lipinski definition) is 3. The van der Waals surface area contributed by atoms with Crippen molar-refractivity contribution in [2.75, 3.05) is 6.61 Å². The maximum absolute atomic E-state index is 13.2. The van der Waals surface area contributed by atoms with Gasteiger partial charge < -0.3 is 20.3 Å². The number of esters is 1. The molecule has 0 saturated heterocycles. The molecule has 0 heterocycles. The van der Waals surface area contributed by atoms with Crippen LogP contribution in [0.3, 0.4) is 0 Å². The smallest absolute Gasteiger partial charge is 0.306 e. The quantitative estimate of drug-likeness (QED) is 0.0245. The molecule has 3 atom stereocenters. The first-order valence-electron chi connectivity index (χ1n) is 25.7. The van der Waals surface area contributed by atoms with Gasteiger partial charge in [-0.15, -0.1) is 0 Å². The second-order valence-corrected chi connectivity index (χ2v) is 17.2. The lowest BCUT2D eigenvalue weighted by Crippen LogP contribution is -2.46. The molecule has 6 nitrogen and oxygen atoms in total. The van der Waals surface area contributed by atoms with Crippen LogP contribution in [0.4, 0.5) is 0 Å². The fourth-order valence-electron chi connectivity index (χ4n) is 7.35. The summed E-state index contributed by atoms with van der Waals surface area (Å²) < 4.78 is 5.89. The van der Waals surface area contributed by atoms with Gasteiger partial charge in [0, 0.05) is 6.42 Å². The SMILES string of the molecule is CCCCC/C=C\C/C=C\C/C=C\C/C=C\CCCCCC(=O)OC(CCC/C=C/C=C/CCCCCCCCC)CC(=O)NC(CO)C(O)CCCCCCCCCCC. The first-order valence-corrected chi connectivity index (χ1v) is 25.7.